The molecule has 0 atom stereocenters. The first-order valence-corrected chi connectivity index (χ1v) is 7.10. The molecule has 0 radical (unpaired) electrons. The van der Waals surface area contributed by atoms with Crippen LogP contribution in [0.2, 0.25) is 0 Å². The van der Waals surface area contributed by atoms with Gasteiger partial charge in [-0.05, 0) is 12.8 Å². The van der Waals surface area contributed by atoms with Crippen molar-refractivity contribution in [3.63, 3.8) is 0 Å². The van der Waals surface area contributed by atoms with Crippen LogP contribution in [-0.4, -0.2) is 73.4 Å². The SMILES string of the molecule is CN=C(NCC(=O)NC1CC1)N1CCN(C(C)=O)CC1. The summed E-state index contributed by atoms with van der Waals surface area (Å²) < 4.78 is 0. The summed E-state index contributed by atoms with van der Waals surface area (Å²) in [6, 6.07) is 0.380. The Morgan fingerprint density at radius 1 is 1.15 bits per heavy atom. The van der Waals surface area contributed by atoms with Crippen LogP contribution in [-0.2, 0) is 9.59 Å². The average Bonchev–Trinajstić information content (AvgIpc) is 3.24. The van der Waals surface area contributed by atoms with Gasteiger partial charge in [-0.1, -0.05) is 0 Å². The van der Waals surface area contributed by atoms with E-state index < -0.39 is 0 Å². The minimum absolute atomic E-state index is 0.0102. The average molecular weight is 281 g/mol. The molecule has 7 nitrogen and oxygen atoms in total. The van der Waals surface area contributed by atoms with E-state index >= 15 is 0 Å². The highest BCUT2D eigenvalue weighted by Crippen LogP contribution is 2.18. The molecule has 0 bridgehead atoms. The first-order valence-electron chi connectivity index (χ1n) is 7.10. The van der Waals surface area contributed by atoms with E-state index in [1.165, 1.54) is 0 Å². The molecule has 20 heavy (non-hydrogen) atoms. The van der Waals surface area contributed by atoms with E-state index in [9.17, 15) is 9.59 Å². The maximum atomic E-state index is 11.6. The zero-order valence-electron chi connectivity index (χ0n) is 12.2. The predicted molar refractivity (Wildman–Crippen MR) is 76.4 cm³/mol. The van der Waals surface area contributed by atoms with Crippen LogP contribution in [0.1, 0.15) is 19.8 Å². The summed E-state index contributed by atoms with van der Waals surface area (Å²) in [7, 11) is 1.71. The highest BCUT2D eigenvalue weighted by molar-refractivity contribution is 5.86. The molecule has 2 N–H and O–H groups in total. The number of carbonyl (C=O) groups excluding carboxylic acids is 2. The highest BCUT2D eigenvalue weighted by Gasteiger charge is 2.24. The van der Waals surface area contributed by atoms with Gasteiger partial charge in [0.15, 0.2) is 5.96 Å². The Labute approximate surface area is 119 Å². The Morgan fingerprint density at radius 2 is 1.75 bits per heavy atom. The molecular formula is C13H23N5O2. The van der Waals surface area contributed by atoms with Crippen LogP contribution in [0, 0.1) is 0 Å². The molecule has 1 aliphatic heterocycles. The standard InChI is InChI=1S/C13H23N5O2/c1-10(19)17-5-7-18(8-6-17)13(14-2)15-9-12(20)16-11-3-4-11/h11H,3-9H2,1-2H3,(H,14,15)(H,16,20). The predicted octanol–water partition coefficient (Wildman–Crippen LogP) is -0.995. The van der Waals surface area contributed by atoms with Gasteiger partial charge in [-0.25, -0.2) is 0 Å². The molecule has 1 saturated carbocycles. The van der Waals surface area contributed by atoms with Crippen molar-refractivity contribution in [2.75, 3.05) is 39.8 Å². The molecule has 1 heterocycles. The van der Waals surface area contributed by atoms with E-state index in [2.05, 4.69) is 20.5 Å². The Morgan fingerprint density at radius 3 is 2.25 bits per heavy atom. The molecule has 0 aromatic carbocycles. The number of nitrogens with one attached hydrogen (secondary N) is 2. The van der Waals surface area contributed by atoms with Crippen molar-refractivity contribution < 1.29 is 9.59 Å². The van der Waals surface area contributed by atoms with E-state index in [4.69, 9.17) is 0 Å². The van der Waals surface area contributed by atoms with Crippen LogP contribution in [0.5, 0.6) is 0 Å². The molecule has 1 saturated heterocycles. The van der Waals surface area contributed by atoms with Crippen LogP contribution in [0.15, 0.2) is 4.99 Å². The quantitative estimate of drug-likeness (QED) is 0.514. The van der Waals surface area contributed by atoms with Crippen molar-refractivity contribution >= 4 is 17.8 Å². The zero-order chi connectivity index (χ0) is 14.5. The summed E-state index contributed by atoms with van der Waals surface area (Å²) in [6.07, 6.45) is 2.18. The monoisotopic (exact) mass is 281 g/mol. The molecule has 7 heteroatoms. The van der Waals surface area contributed by atoms with Gasteiger partial charge in [0.2, 0.25) is 11.8 Å². The fourth-order valence-corrected chi connectivity index (χ4v) is 2.23. The molecule has 0 spiro atoms. The van der Waals surface area contributed by atoms with Crippen LogP contribution in [0.25, 0.3) is 0 Å². The third kappa shape index (κ3) is 4.11. The molecule has 0 unspecified atom stereocenters. The van der Waals surface area contributed by atoms with Crippen molar-refractivity contribution in [1.82, 2.24) is 20.4 Å². The molecule has 1 aliphatic carbocycles. The van der Waals surface area contributed by atoms with Crippen LogP contribution in [0.3, 0.4) is 0 Å². The van der Waals surface area contributed by atoms with Crippen LogP contribution >= 0.6 is 0 Å². The third-order valence-corrected chi connectivity index (χ3v) is 3.59. The van der Waals surface area contributed by atoms with Gasteiger partial charge in [0.05, 0.1) is 6.54 Å². The van der Waals surface area contributed by atoms with E-state index in [0.29, 0.717) is 19.1 Å². The molecule has 2 aliphatic rings. The molecule has 2 fully saturated rings. The van der Waals surface area contributed by atoms with Gasteiger partial charge < -0.3 is 20.4 Å². The fraction of sp³-hybridized carbons (Fsp3) is 0.769. The lowest BCUT2D eigenvalue weighted by Gasteiger charge is -2.36. The summed E-state index contributed by atoms with van der Waals surface area (Å²) in [5.74, 6) is 0.839. The second-order valence-corrected chi connectivity index (χ2v) is 5.24. The number of rotatable bonds is 3. The maximum Gasteiger partial charge on any atom is 0.239 e. The van der Waals surface area contributed by atoms with Crippen molar-refractivity contribution in [2.45, 2.75) is 25.8 Å². The van der Waals surface area contributed by atoms with Gasteiger partial charge in [0, 0.05) is 46.2 Å². The normalized spacial score (nSPS) is 19.8. The van der Waals surface area contributed by atoms with Gasteiger partial charge in [0.25, 0.3) is 0 Å². The zero-order valence-corrected chi connectivity index (χ0v) is 12.2. The van der Waals surface area contributed by atoms with Crippen LogP contribution in [0.4, 0.5) is 0 Å². The van der Waals surface area contributed by atoms with Gasteiger partial charge in [0.1, 0.15) is 0 Å². The molecule has 112 valence electrons. The van der Waals surface area contributed by atoms with E-state index in [0.717, 1.165) is 31.9 Å². The highest BCUT2D eigenvalue weighted by atomic mass is 16.2. The largest absolute Gasteiger partial charge is 0.352 e. The first kappa shape index (κ1) is 14.6. The van der Waals surface area contributed by atoms with Crippen LogP contribution < -0.4 is 10.6 Å². The Balaban J connectivity index is 1.74. The number of carbonyl (C=O) groups is 2. The smallest absolute Gasteiger partial charge is 0.239 e. The number of hydrogen-bond acceptors (Lipinski definition) is 3. The van der Waals surface area contributed by atoms with Crippen molar-refractivity contribution in [1.29, 1.82) is 0 Å². The number of hydrogen-bond donors (Lipinski definition) is 2. The maximum absolute atomic E-state index is 11.6. The van der Waals surface area contributed by atoms with Crippen molar-refractivity contribution in [3.8, 4) is 0 Å². The van der Waals surface area contributed by atoms with Gasteiger partial charge in [-0.2, -0.15) is 0 Å². The Kier molecular flexibility index (Phi) is 4.81. The molecule has 2 amide bonds. The summed E-state index contributed by atoms with van der Waals surface area (Å²) >= 11 is 0. The summed E-state index contributed by atoms with van der Waals surface area (Å²) in [4.78, 5) is 31.0. The lowest BCUT2D eigenvalue weighted by molar-refractivity contribution is -0.130. The molecule has 0 aromatic rings. The third-order valence-electron chi connectivity index (χ3n) is 3.59. The molecular weight excluding hydrogens is 258 g/mol. The van der Waals surface area contributed by atoms with Crippen molar-refractivity contribution in [2.24, 2.45) is 4.99 Å². The summed E-state index contributed by atoms with van der Waals surface area (Å²) in [6.45, 7) is 4.71. The Hall–Kier alpha value is -1.79. The number of aliphatic imine (C=N–C) groups is 1. The second kappa shape index (κ2) is 6.58. The van der Waals surface area contributed by atoms with Gasteiger partial charge >= 0.3 is 0 Å². The van der Waals surface area contributed by atoms with Crippen molar-refractivity contribution in [3.05, 3.63) is 0 Å². The summed E-state index contributed by atoms with van der Waals surface area (Å²) in [5.41, 5.74) is 0. The fourth-order valence-electron chi connectivity index (χ4n) is 2.23. The number of piperazine rings is 1. The number of guanidine groups is 1. The topological polar surface area (TPSA) is 77.0 Å². The lowest BCUT2D eigenvalue weighted by Crippen LogP contribution is -2.54. The number of amides is 2. The molecule has 0 aromatic heterocycles. The molecule has 2 rings (SSSR count). The minimum Gasteiger partial charge on any atom is -0.352 e. The van der Waals surface area contributed by atoms with E-state index in [1.54, 1.807) is 14.0 Å². The minimum atomic E-state index is 0.0102. The van der Waals surface area contributed by atoms with Gasteiger partial charge in [-0.15, -0.1) is 0 Å². The van der Waals surface area contributed by atoms with Gasteiger partial charge in [-0.3, -0.25) is 14.6 Å². The lowest BCUT2D eigenvalue weighted by atomic mass is 10.3. The number of nitrogens with zero attached hydrogens (tertiary/aromatic N) is 3. The van der Waals surface area contributed by atoms with E-state index in [1.807, 2.05) is 4.90 Å². The summed E-state index contributed by atoms with van der Waals surface area (Å²) in [5, 5.41) is 6.01. The Bertz CT molecular complexity index is 398. The first-order chi connectivity index (χ1) is 9.60. The van der Waals surface area contributed by atoms with E-state index in [-0.39, 0.29) is 18.4 Å². The second-order valence-electron chi connectivity index (χ2n) is 5.24.